The first kappa shape index (κ1) is 17.2. The van der Waals surface area contributed by atoms with Gasteiger partial charge in [-0.25, -0.2) is 22.2 Å². The molecule has 11 heteroatoms. The fourth-order valence-corrected chi connectivity index (χ4v) is 3.01. The van der Waals surface area contributed by atoms with Gasteiger partial charge in [-0.15, -0.1) is 5.10 Å². The summed E-state index contributed by atoms with van der Waals surface area (Å²) < 4.78 is 40.8. The molecule has 1 aromatic carbocycles. The van der Waals surface area contributed by atoms with Crippen molar-refractivity contribution in [3.63, 3.8) is 0 Å². The third kappa shape index (κ3) is 4.17. The fourth-order valence-electron chi connectivity index (χ4n) is 1.56. The van der Waals surface area contributed by atoms with Crippen LogP contribution in [0.25, 0.3) is 0 Å². The molecule has 1 aromatic heterocycles. The maximum atomic E-state index is 13.2. The summed E-state index contributed by atoms with van der Waals surface area (Å²) in [5.41, 5.74) is 0. The quantitative estimate of drug-likeness (QED) is 0.855. The number of likely N-dealkylation sites (N-methyl/N-ethyl adjacent to an activating group) is 1. The normalized spacial score (nSPS) is 11.3. The van der Waals surface area contributed by atoms with Crippen molar-refractivity contribution in [3.05, 3.63) is 35.4 Å². The molecule has 8 nitrogen and oxygen atoms in total. The molecule has 2 aromatic rings. The lowest BCUT2D eigenvalue weighted by Gasteiger charge is -2.09. The SMILES string of the molecule is CN(C)C(=O)Cn1cnc(NS(=O)(=O)c2cc(F)ccc2Cl)n1. The summed E-state index contributed by atoms with van der Waals surface area (Å²) in [6.07, 6.45) is 1.20. The van der Waals surface area contributed by atoms with Gasteiger partial charge in [-0.3, -0.25) is 4.79 Å². The van der Waals surface area contributed by atoms with Crippen LogP contribution in [0, 0.1) is 5.82 Å². The van der Waals surface area contributed by atoms with Gasteiger partial charge in [0.25, 0.3) is 16.0 Å². The molecular formula is C12H13ClFN5O3S. The van der Waals surface area contributed by atoms with E-state index >= 15 is 0 Å². The summed E-state index contributed by atoms with van der Waals surface area (Å²) in [6, 6.07) is 2.96. The van der Waals surface area contributed by atoms with Crippen molar-refractivity contribution in [1.29, 1.82) is 0 Å². The molecule has 0 atom stereocenters. The second-order valence-electron chi connectivity index (χ2n) is 4.73. The molecule has 0 aliphatic carbocycles. The van der Waals surface area contributed by atoms with Gasteiger partial charge in [0.1, 0.15) is 23.6 Å². The van der Waals surface area contributed by atoms with Gasteiger partial charge in [0.15, 0.2) is 0 Å². The third-order valence-corrected chi connectivity index (χ3v) is 4.55. The Bertz CT molecular complexity index is 837. The number of sulfonamides is 1. The zero-order chi connectivity index (χ0) is 17.2. The predicted molar refractivity (Wildman–Crippen MR) is 80.9 cm³/mol. The minimum Gasteiger partial charge on any atom is -0.347 e. The molecule has 0 radical (unpaired) electrons. The van der Waals surface area contributed by atoms with Crippen LogP contribution in [-0.2, 0) is 21.4 Å². The average molecular weight is 362 g/mol. The van der Waals surface area contributed by atoms with Gasteiger partial charge < -0.3 is 4.90 Å². The zero-order valence-electron chi connectivity index (χ0n) is 12.2. The number of amides is 1. The Labute approximate surface area is 136 Å². The molecular weight excluding hydrogens is 349 g/mol. The summed E-state index contributed by atoms with van der Waals surface area (Å²) in [5, 5.41) is 3.69. The van der Waals surface area contributed by atoms with Crippen molar-refractivity contribution in [3.8, 4) is 0 Å². The second kappa shape index (κ2) is 6.50. The fraction of sp³-hybridized carbons (Fsp3) is 0.250. The van der Waals surface area contributed by atoms with Crippen LogP contribution in [0.2, 0.25) is 5.02 Å². The topological polar surface area (TPSA) is 97.2 Å². The van der Waals surface area contributed by atoms with Crippen LogP contribution in [0.4, 0.5) is 10.3 Å². The first-order valence-corrected chi connectivity index (χ1v) is 8.12. The van der Waals surface area contributed by atoms with Gasteiger partial charge in [0.2, 0.25) is 5.91 Å². The Morgan fingerprint density at radius 3 is 2.78 bits per heavy atom. The van der Waals surface area contributed by atoms with Crippen LogP contribution in [-0.4, -0.2) is 48.1 Å². The number of hydrogen-bond donors (Lipinski definition) is 1. The van der Waals surface area contributed by atoms with Crippen molar-refractivity contribution in [1.82, 2.24) is 19.7 Å². The highest BCUT2D eigenvalue weighted by Gasteiger charge is 2.21. The molecule has 1 N–H and O–H groups in total. The lowest BCUT2D eigenvalue weighted by molar-refractivity contribution is -0.129. The van der Waals surface area contributed by atoms with Crippen LogP contribution >= 0.6 is 11.6 Å². The number of carbonyl (C=O) groups is 1. The van der Waals surface area contributed by atoms with Gasteiger partial charge in [-0.05, 0) is 18.2 Å². The molecule has 0 unspecified atom stereocenters. The molecule has 0 saturated heterocycles. The molecule has 0 spiro atoms. The number of hydrogen-bond acceptors (Lipinski definition) is 5. The summed E-state index contributed by atoms with van der Waals surface area (Å²) in [5.74, 6) is -1.24. The average Bonchev–Trinajstić information content (AvgIpc) is 2.87. The standard InChI is InChI=1S/C12H13ClFN5O3S/c1-18(2)11(20)6-19-7-15-12(16-19)17-23(21,22)10-5-8(14)3-4-9(10)13/h3-5,7H,6H2,1-2H3,(H,16,17). The van der Waals surface area contributed by atoms with Gasteiger partial charge in [0, 0.05) is 14.1 Å². The monoisotopic (exact) mass is 361 g/mol. The highest BCUT2D eigenvalue weighted by Crippen LogP contribution is 2.23. The second-order valence-corrected chi connectivity index (χ2v) is 6.79. The van der Waals surface area contributed by atoms with E-state index in [1.165, 1.54) is 15.9 Å². The van der Waals surface area contributed by atoms with Crippen LogP contribution in [0.1, 0.15) is 0 Å². The number of benzene rings is 1. The Hall–Kier alpha value is -2.20. The van der Waals surface area contributed by atoms with Gasteiger partial charge in [-0.1, -0.05) is 11.6 Å². The van der Waals surface area contributed by atoms with Gasteiger partial charge in [0.05, 0.1) is 5.02 Å². The molecule has 124 valence electrons. The van der Waals surface area contributed by atoms with E-state index in [4.69, 9.17) is 11.6 Å². The van der Waals surface area contributed by atoms with Crippen molar-refractivity contribution < 1.29 is 17.6 Å². The highest BCUT2D eigenvalue weighted by molar-refractivity contribution is 7.92. The van der Waals surface area contributed by atoms with Crippen molar-refractivity contribution in [2.75, 3.05) is 18.8 Å². The smallest absolute Gasteiger partial charge is 0.265 e. The van der Waals surface area contributed by atoms with Crippen LogP contribution in [0.5, 0.6) is 0 Å². The minimum absolute atomic E-state index is 0.0948. The van der Waals surface area contributed by atoms with E-state index in [0.717, 1.165) is 18.2 Å². The Morgan fingerprint density at radius 2 is 2.13 bits per heavy atom. The number of aromatic nitrogens is 3. The Balaban J connectivity index is 2.20. The van der Waals surface area contributed by atoms with E-state index in [1.807, 2.05) is 0 Å². The molecule has 23 heavy (non-hydrogen) atoms. The molecule has 0 aliphatic heterocycles. The maximum absolute atomic E-state index is 13.2. The van der Waals surface area contributed by atoms with Crippen molar-refractivity contribution in [2.45, 2.75) is 11.4 Å². The van der Waals surface area contributed by atoms with E-state index in [2.05, 4.69) is 14.8 Å². The number of carbonyl (C=O) groups excluding carboxylic acids is 1. The van der Waals surface area contributed by atoms with Gasteiger partial charge in [-0.2, -0.15) is 4.98 Å². The van der Waals surface area contributed by atoms with E-state index in [1.54, 1.807) is 14.1 Å². The summed E-state index contributed by atoms with van der Waals surface area (Å²) >= 11 is 5.77. The summed E-state index contributed by atoms with van der Waals surface area (Å²) in [4.78, 5) is 16.2. The Kier molecular flexibility index (Phi) is 4.85. The molecule has 0 bridgehead atoms. The lowest BCUT2D eigenvalue weighted by atomic mass is 10.3. The van der Waals surface area contributed by atoms with E-state index in [9.17, 15) is 17.6 Å². The molecule has 2 rings (SSSR count). The van der Waals surface area contributed by atoms with E-state index in [-0.39, 0.29) is 23.4 Å². The highest BCUT2D eigenvalue weighted by atomic mass is 35.5. The first-order chi connectivity index (χ1) is 10.7. The van der Waals surface area contributed by atoms with Crippen molar-refractivity contribution in [2.24, 2.45) is 0 Å². The number of nitrogens with zero attached hydrogens (tertiary/aromatic N) is 4. The summed E-state index contributed by atoms with van der Waals surface area (Å²) in [6.45, 7) is -0.0948. The molecule has 0 saturated carbocycles. The number of rotatable bonds is 5. The van der Waals surface area contributed by atoms with E-state index in [0.29, 0.717) is 0 Å². The van der Waals surface area contributed by atoms with Crippen LogP contribution in [0.15, 0.2) is 29.4 Å². The molecule has 0 fully saturated rings. The van der Waals surface area contributed by atoms with Gasteiger partial charge >= 0.3 is 0 Å². The minimum atomic E-state index is -4.15. The van der Waals surface area contributed by atoms with Crippen LogP contribution < -0.4 is 4.72 Å². The number of halogens is 2. The number of anilines is 1. The maximum Gasteiger partial charge on any atom is 0.265 e. The van der Waals surface area contributed by atoms with E-state index < -0.39 is 20.7 Å². The van der Waals surface area contributed by atoms with Crippen molar-refractivity contribution >= 4 is 33.5 Å². The molecule has 1 heterocycles. The molecule has 0 aliphatic rings. The zero-order valence-corrected chi connectivity index (χ0v) is 13.8. The summed E-state index contributed by atoms with van der Waals surface area (Å²) in [7, 11) is -0.997. The lowest BCUT2D eigenvalue weighted by Crippen LogP contribution is -2.26. The first-order valence-electron chi connectivity index (χ1n) is 6.26. The third-order valence-electron chi connectivity index (χ3n) is 2.74. The largest absolute Gasteiger partial charge is 0.347 e. The number of nitrogens with one attached hydrogen (secondary N) is 1. The predicted octanol–water partition coefficient (Wildman–Crippen LogP) is 0.960. The van der Waals surface area contributed by atoms with Crippen LogP contribution in [0.3, 0.4) is 0 Å². The Morgan fingerprint density at radius 1 is 1.43 bits per heavy atom. The molecule has 1 amide bonds.